The number of aliphatic hydroxyl groups is 1. The lowest BCUT2D eigenvalue weighted by molar-refractivity contribution is -0.132. The number of benzene rings is 3. The van der Waals surface area contributed by atoms with Crippen molar-refractivity contribution in [2.24, 2.45) is 0 Å². The van der Waals surface area contributed by atoms with Crippen LogP contribution in [-0.4, -0.2) is 40.1 Å². The molecule has 0 bridgehead atoms. The van der Waals surface area contributed by atoms with E-state index in [1.54, 1.807) is 30.3 Å². The molecule has 37 heavy (non-hydrogen) atoms. The topological polar surface area (TPSA) is 109 Å². The smallest absolute Gasteiger partial charge is 0.301 e. The molecule has 0 saturated carbocycles. The maximum Gasteiger partial charge on any atom is 0.301 e. The molecule has 0 radical (unpaired) electrons. The Morgan fingerprint density at radius 3 is 2.59 bits per heavy atom. The number of carbonyl (C=O) groups excluding carboxylic acids is 2. The Labute approximate surface area is 216 Å². The van der Waals surface area contributed by atoms with E-state index in [4.69, 9.17) is 14.5 Å². The number of Topliss-reactive ketones (excluding diaryl/α,β-unsaturated/α-hetero) is 1. The molecule has 2 aliphatic rings. The van der Waals surface area contributed by atoms with E-state index in [1.165, 1.54) is 28.4 Å². The van der Waals surface area contributed by atoms with Gasteiger partial charge >= 0.3 is 5.91 Å². The van der Waals surface area contributed by atoms with Crippen molar-refractivity contribution in [2.75, 3.05) is 18.1 Å². The minimum atomic E-state index is -0.998. The summed E-state index contributed by atoms with van der Waals surface area (Å²) in [6.07, 6.45) is 0. The number of rotatable bonds is 3. The molecule has 1 saturated heterocycles. The molecule has 2 N–H and O–H groups in total. The zero-order valence-corrected chi connectivity index (χ0v) is 20.8. The Morgan fingerprint density at radius 2 is 1.81 bits per heavy atom. The summed E-state index contributed by atoms with van der Waals surface area (Å²) in [7, 11) is 0. The number of amides is 1. The summed E-state index contributed by atoms with van der Waals surface area (Å²) >= 11 is 1.30. The molecule has 0 spiro atoms. The quantitative estimate of drug-likeness (QED) is 0.225. The third kappa shape index (κ3) is 3.79. The van der Waals surface area contributed by atoms with Crippen LogP contribution in [0.2, 0.25) is 0 Å². The van der Waals surface area contributed by atoms with E-state index in [-0.39, 0.29) is 17.1 Å². The Bertz CT molecular complexity index is 1640. The summed E-state index contributed by atoms with van der Waals surface area (Å²) in [4.78, 5) is 32.9. The van der Waals surface area contributed by atoms with Gasteiger partial charge in [-0.2, -0.15) is 0 Å². The average molecular weight is 515 g/mol. The number of ether oxygens (including phenoxy) is 2. The van der Waals surface area contributed by atoms with Gasteiger partial charge in [-0.05, 0) is 66.9 Å². The summed E-state index contributed by atoms with van der Waals surface area (Å²) in [6, 6.07) is 14.1. The maximum atomic E-state index is 13.5. The molecule has 9 heteroatoms. The fraction of sp³-hybridized carbons (Fsp3) is 0.179. The van der Waals surface area contributed by atoms with Gasteiger partial charge in [0.2, 0.25) is 0 Å². The van der Waals surface area contributed by atoms with Crippen LogP contribution in [0.5, 0.6) is 17.2 Å². The SMILES string of the molecule is Cc1cc(C)c2nc(N3C(=O)C(=O)/C(=C(\O)c4ccc5c(c4)OCCO5)C3c3cccc(O)c3)sc2c1. The number of phenols is 1. The molecule has 3 heterocycles. The van der Waals surface area contributed by atoms with E-state index in [0.29, 0.717) is 41.0 Å². The van der Waals surface area contributed by atoms with Gasteiger partial charge in [0, 0.05) is 5.56 Å². The Hall–Kier alpha value is -4.37. The van der Waals surface area contributed by atoms with Crippen LogP contribution in [0.4, 0.5) is 5.13 Å². The van der Waals surface area contributed by atoms with Crippen LogP contribution >= 0.6 is 11.3 Å². The fourth-order valence-corrected chi connectivity index (χ4v) is 6.02. The molecular weight excluding hydrogens is 492 g/mol. The van der Waals surface area contributed by atoms with Crippen LogP contribution in [0.15, 0.2) is 60.2 Å². The second kappa shape index (κ2) is 8.63. The zero-order chi connectivity index (χ0) is 25.8. The highest BCUT2D eigenvalue weighted by molar-refractivity contribution is 7.22. The number of aliphatic hydroxyl groups excluding tert-OH is 1. The maximum absolute atomic E-state index is 13.5. The van der Waals surface area contributed by atoms with Crippen LogP contribution < -0.4 is 14.4 Å². The molecule has 8 nitrogen and oxygen atoms in total. The number of ketones is 1. The zero-order valence-electron chi connectivity index (χ0n) is 20.0. The molecule has 2 aliphatic heterocycles. The van der Waals surface area contributed by atoms with Gasteiger partial charge in [-0.1, -0.05) is 29.5 Å². The molecular formula is C28H22N2O6S. The van der Waals surface area contributed by atoms with Crippen molar-refractivity contribution in [3.05, 3.63) is 82.4 Å². The molecule has 1 unspecified atom stereocenters. The van der Waals surface area contributed by atoms with E-state index >= 15 is 0 Å². The average Bonchev–Trinajstić information content (AvgIpc) is 3.42. The standard InChI is InChI=1S/C28H22N2O6S/c1-14-10-15(2)23-21(11-14)37-28(29-23)30-24(16-4-3-5-18(31)12-16)22(26(33)27(30)34)25(32)17-6-7-19-20(13-17)36-9-8-35-19/h3-7,10-13,24,31-32H,8-9H2,1-2H3/b25-22-. The molecule has 3 aromatic carbocycles. The highest BCUT2D eigenvalue weighted by Gasteiger charge is 2.48. The molecule has 1 atom stereocenters. The highest BCUT2D eigenvalue weighted by Crippen LogP contribution is 2.45. The van der Waals surface area contributed by atoms with Crippen molar-refractivity contribution in [3.63, 3.8) is 0 Å². The van der Waals surface area contributed by atoms with E-state index in [1.807, 2.05) is 26.0 Å². The largest absolute Gasteiger partial charge is 0.508 e. The Kier molecular flexibility index (Phi) is 5.38. The summed E-state index contributed by atoms with van der Waals surface area (Å²) in [5.41, 5.74) is 3.44. The summed E-state index contributed by atoms with van der Waals surface area (Å²) in [5.74, 6) is -1.05. The van der Waals surface area contributed by atoms with Gasteiger partial charge < -0.3 is 19.7 Å². The third-order valence-corrected chi connectivity index (χ3v) is 7.47. The van der Waals surface area contributed by atoms with Gasteiger partial charge in [0.05, 0.1) is 21.8 Å². The lowest BCUT2D eigenvalue weighted by atomic mass is 9.95. The number of aromatic nitrogens is 1. The number of nitrogens with zero attached hydrogens (tertiary/aromatic N) is 2. The Morgan fingerprint density at radius 1 is 1.03 bits per heavy atom. The third-order valence-electron chi connectivity index (χ3n) is 6.47. The van der Waals surface area contributed by atoms with Gasteiger partial charge in [-0.25, -0.2) is 4.98 Å². The number of aromatic hydroxyl groups is 1. The number of phenolic OH excluding ortho intramolecular Hbond substituents is 1. The second-order valence-electron chi connectivity index (χ2n) is 9.05. The fourth-order valence-electron chi connectivity index (χ4n) is 4.85. The highest BCUT2D eigenvalue weighted by atomic mass is 32.1. The molecule has 0 aliphatic carbocycles. The van der Waals surface area contributed by atoms with Crippen molar-refractivity contribution in [3.8, 4) is 17.2 Å². The molecule has 4 aromatic rings. The first-order chi connectivity index (χ1) is 17.8. The lowest BCUT2D eigenvalue weighted by Gasteiger charge is -2.23. The van der Waals surface area contributed by atoms with Crippen LogP contribution in [0.1, 0.15) is 28.3 Å². The van der Waals surface area contributed by atoms with Gasteiger partial charge in [0.1, 0.15) is 24.7 Å². The van der Waals surface area contributed by atoms with Gasteiger partial charge in [0.25, 0.3) is 5.78 Å². The lowest BCUT2D eigenvalue weighted by Crippen LogP contribution is -2.29. The molecule has 186 valence electrons. The number of hydrogen-bond acceptors (Lipinski definition) is 8. The van der Waals surface area contributed by atoms with Crippen molar-refractivity contribution < 1.29 is 29.3 Å². The van der Waals surface area contributed by atoms with E-state index < -0.39 is 17.7 Å². The first-order valence-electron chi connectivity index (χ1n) is 11.7. The van der Waals surface area contributed by atoms with E-state index in [9.17, 15) is 19.8 Å². The number of carbonyl (C=O) groups is 2. The number of thiazole rings is 1. The van der Waals surface area contributed by atoms with E-state index in [0.717, 1.165) is 21.3 Å². The molecule has 6 rings (SSSR count). The molecule has 1 amide bonds. The van der Waals surface area contributed by atoms with Crippen LogP contribution in [0.25, 0.3) is 16.0 Å². The first-order valence-corrected chi connectivity index (χ1v) is 12.5. The van der Waals surface area contributed by atoms with E-state index in [2.05, 4.69) is 0 Å². The number of anilines is 1. The second-order valence-corrected chi connectivity index (χ2v) is 10.1. The predicted octanol–water partition coefficient (Wildman–Crippen LogP) is 5.02. The van der Waals surface area contributed by atoms with Gasteiger partial charge in [0.15, 0.2) is 16.6 Å². The number of fused-ring (bicyclic) bond motifs is 2. The molecule has 1 aromatic heterocycles. The van der Waals surface area contributed by atoms with Gasteiger partial charge in [-0.15, -0.1) is 0 Å². The van der Waals surface area contributed by atoms with Gasteiger partial charge in [-0.3, -0.25) is 14.5 Å². The minimum Gasteiger partial charge on any atom is -0.508 e. The van der Waals surface area contributed by atoms with Crippen LogP contribution in [0, 0.1) is 13.8 Å². The number of hydrogen-bond donors (Lipinski definition) is 2. The Balaban J connectivity index is 1.55. The number of aryl methyl sites for hydroxylation is 2. The van der Waals surface area contributed by atoms with Crippen molar-refractivity contribution >= 4 is 44.1 Å². The first kappa shape index (κ1) is 23.1. The monoisotopic (exact) mass is 514 g/mol. The van der Waals surface area contributed by atoms with Crippen LogP contribution in [0.3, 0.4) is 0 Å². The van der Waals surface area contributed by atoms with Crippen LogP contribution in [-0.2, 0) is 9.59 Å². The predicted molar refractivity (Wildman–Crippen MR) is 139 cm³/mol. The van der Waals surface area contributed by atoms with Crippen molar-refractivity contribution in [2.45, 2.75) is 19.9 Å². The normalized spacial score (nSPS) is 18.5. The summed E-state index contributed by atoms with van der Waals surface area (Å²) < 4.78 is 12.1. The minimum absolute atomic E-state index is 0.0295. The summed E-state index contributed by atoms with van der Waals surface area (Å²) in [6.45, 7) is 4.71. The summed E-state index contributed by atoms with van der Waals surface area (Å²) in [5, 5.41) is 21.9. The van der Waals surface area contributed by atoms with Crippen molar-refractivity contribution in [1.82, 2.24) is 4.98 Å². The van der Waals surface area contributed by atoms with Crippen molar-refractivity contribution in [1.29, 1.82) is 0 Å². The molecule has 1 fully saturated rings.